The molecule has 1 unspecified atom stereocenters. The molecular formula is C21H23NO3. The van der Waals surface area contributed by atoms with E-state index in [0.29, 0.717) is 12.5 Å². The van der Waals surface area contributed by atoms with E-state index in [1.165, 1.54) is 0 Å². The summed E-state index contributed by atoms with van der Waals surface area (Å²) in [5.74, 6) is 1.87. The first-order chi connectivity index (χ1) is 12.3. The standard InChI is InChI=1S/C21H23NO3/c1-24-14-15-7-6-12-22(13-15)21(23)20-16-8-2-4-10-18(16)25-19-11-5-3-9-17(19)20/h2-5,8-11,15,20H,6-7,12-14H2,1H3. The van der Waals surface area contributed by atoms with Crippen molar-refractivity contribution in [2.45, 2.75) is 18.8 Å². The number of methoxy groups -OCH3 is 1. The van der Waals surface area contributed by atoms with E-state index in [-0.39, 0.29) is 11.8 Å². The number of likely N-dealkylation sites (tertiary alicyclic amines) is 1. The molecule has 0 N–H and O–H groups in total. The lowest BCUT2D eigenvalue weighted by molar-refractivity contribution is -0.134. The van der Waals surface area contributed by atoms with Gasteiger partial charge in [0.25, 0.3) is 0 Å². The maximum Gasteiger partial charge on any atom is 0.234 e. The fourth-order valence-electron chi connectivity index (χ4n) is 4.00. The molecule has 0 radical (unpaired) electrons. The van der Waals surface area contributed by atoms with Crippen LogP contribution in [0.2, 0.25) is 0 Å². The Labute approximate surface area is 148 Å². The molecule has 4 heteroatoms. The van der Waals surface area contributed by atoms with E-state index in [4.69, 9.17) is 9.47 Å². The van der Waals surface area contributed by atoms with E-state index in [1.54, 1.807) is 7.11 Å². The molecule has 0 bridgehead atoms. The summed E-state index contributed by atoms with van der Waals surface area (Å²) in [6.45, 7) is 2.31. The number of ether oxygens (including phenoxy) is 2. The van der Waals surface area contributed by atoms with E-state index >= 15 is 0 Å². The van der Waals surface area contributed by atoms with Crippen molar-refractivity contribution in [3.05, 3.63) is 59.7 Å². The molecule has 1 amide bonds. The summed E-state index contributed by atoms with van der Waals surface area (Å²) in [6.07, 6.45) is 2.16. The van der Waals surface area contributed by atoms with Gasteiger partial charge in [0.2, 0.25) is 5.91 Å². The Kier molecular flexibility index (Phi) is 4.45. The fraction of sp³-hybridized carbons (Fsp3) is 0.381. The van der Waals surface area contributed by atoms with Gasteiger partial charge in [-0.3, -0.25) is 4.79 Å². The predicted molar refractivity (Wildman–Crippen MR) is 96.0 cm³/mol. The number of carbonyl (C=O) groups excluding carboxylic acids is 1. The summed E-state index contributed by atoms with van der Waals surface area (Å²) in [6, 6.07) is 15.7. The Bertz CT molecular complexity index is 726. The molecule has 2 aliphatic rings. The number of amides is 1. The van der Waals surface area contributed by atoms with Gasteiger partial charge in [0.05, 0.1) is 12.5 Å². The molecule has 1 fully saturated rings. The SMILES string of the molecule is COCC1CCCN(C(=O)C2c3ccccc3Oc3ccccc32)C1. The normalized spacial score (nSPS) is 19.7. The molecule has 1 saturated heterocycles. The lowest BCUT2D eigenvalue weighted by Gasteiger charge is -2.36. The number of fused-ring (bicyclic) bond motifs is 2. The van der Waals surface area contributed by atoms with E-state index in [9.17, 15) is 4.79 Å². The van der Waals surface area contributed by atoms with Crippen molar-refractivity contribution in [3.63, 3.8) is 0 Å². The molecular weight excluding hydrogens is 314 g/mol. The number of benzene rings is 2. The molecule has 0 saturated carbocycles. The number of hydrogen-bond donors (Lipinski definition) is 0. The van der Waals surface area contributed by atoms with E-state index in [2.05, 4.69) is 0 Å². The number of carbonyl (C=O) groups is 1. The first-order valence-corrected chi connectivity index (χ1v) is 8.91. The van der Waals surface area contributed by atoms with Crippen molar-refractivity contribution in [1.29, 1.82) is 0 Å². The predicted octanol–water partition coefficient (Wildman–Crippen LogP) is 3.81. The van der Waals surface area contributed by atoms with Gasteiger partial charge in [-0.15, -0.1) is 0 Å². The van der Waals surface area contributed by atoms with Crippen molar-refractivity contribution < 1.29 is 14.3 Å². The largest absolute Gasteiger partial charge is 0.457 e. The zero-order valence-electron chi connectivity index (χ0n) is 14.5. The summed E-state index contributed by atoms with van der Waals surface area (Å²) in [5.41, 5.74) is 1.92. The van der Waals surface area contributed by atoms with Crippen molar-refractivity contribution in [2.75, 3.05) is 26.8 Å². The zero-order chi connectivity index (χ0) is 17.2. The van der Waals surface area contributed by atoms with Crippen LogP contribution in [0, 0.1) is 5.92 Å². The highest BCUT2D eigenvalue weighted by Crippen LogP contribution is 2.44. The van der Waals surface area contributed by atoms with Crippen LogP contribution in [0.5, 0.6) is 11.5 Å². The van der Waals surface area contributed by atoms with Crippen molar-refractivity contribution in [1.82, 2.24) is 4.90 Å². The minimum absolute atomic E-state index is 0.170. The highest BCUT2D eigenvalue weighted by Gasteiger charge is 2.36. The monoisotopic (exact) mass is 337 g/mol. The second-order valence-electron chi connectivity index (χ2n) is 6.86. The van der Waals surface area contributed by atoms with Crippen LogP contribution in [-0.4, -0.2) is 37.6 Å². The van der Waals surface area contributed by atoms with Gasteiger partial charge in [-0.1, -0.05) is 36.4 Å². The van der Waals surface area contributed by atoms with Crippen molar-refractivity contribution in [2.24, 2.45) is 5.92 Å². The fourth-order valence-corrected chi connectivity index (χ4v) is 4.00. The second kappa shape index (κ2) is 6.89. The topological polar surface area (TPSA) is 38.8 Å². The molecule has 25 heavy (non-hydrogen) atoms. The molecule has 2 heterocycles. The average molecular weight is 337 g/mol. The minimum atomic E-state index is -0.289. The van der Waals surface area contributed by atoms with Crippen molar-refractivity contribution in [3.8, 4) is 11.5 Å². The summed E-state index contributed by atoms with van der Waals surface area (Å²) in [7, 11) is 1.73. The number of piperidine rings is 1. The van der Waals surface area contributed by atoms with Gasteiger partial charge >= 0.3 is 0 Å². The molecule has 0 aliphatic carbocycles. The van der Waals surface area contributed by atoms with Crippen LogP contribution < -0.4 is 4.74 Å². The summed E-state index contributed by atoms with van der Waals surface area (Å²) >= 11 is 0. The molecule has 2 aliphatic heterocycles. The summed E-state index contributed by atoms with van der Waals surface area (Å²) < 4.78 is 11.3. The molecule has 2 aromatic rings. The Morgan fingerprint density at radius 2 is 1.76 bits per heavy atom. The quantitative estimate of drug-likeness (QED) is 0.855. The van der Waals surface area contributed by atoms with E-state index < -0.39 is 0 Å². The summed E-state index contributed by atoms with van der Waals surface area (Å²) in [4.78, 5) is 15.5. The van der Waals surface area contributed by atoms with Crippen LogP contribution in [-0.2, 0) is 9.53 Å². The van der Waals surface area contributed by atoms with Gasteiger partial charge in [0.15, 0.2) is 0 Å². The van der Waals surface area contributed by atoms with Gasteiger partial charge in [-0.25, -0.2) is 0 Å². The molecule has 130 valence electrons. The van der Waals surface area contributed by atoms with Crippen LogP contribution in [0.3, 0.4) is 0 Å². The van der Waals surface area contributed by atoms with Crippen LogP contribution in [0.1, 0.15) is 29.9 Å². The minimum Gasteiger partial charge on any atom is -0.457 e. The maximum absolute atomic E-state index is 13.5. The smallest absolute Gasteiger partial charge is 0.234 e. The van der Waals surface area contributed by atoms with Crippen LogP contribution in [0.15, 0.2) is 48.5 Å². The highest BCUT2D eigenvalue weighted by molar-refractivity contribution is 5.89. The molecule has 0 aromatic heterocycles. The number of para-hydroxylation sites is 2. The molecule has 0 spiro atoms. The first kappa shape index (κ1) is 16.2. The zero-order valence-corrected chi connectivity index (χ0v) is 14.5. The average Bonchev–Trinajstić information content (AvgIpc) is 2.66. The molecule has 4 rings (SSSR count). The van der Waals surface area contributed by atoms with Crippen LogP contribution in [0.4, 0.5) is 0 Å². The third-order valence-electron chi connectivity index (χ3n) is 5.16. The maximum atomic E-state index is 13.5. The third kappa shape index (κ3) is 3.02. The molecule has 1 atom stereocenters. The first-order valence-electron chi connectivity index (χ1n) is 8.91. The van der Waals surface area contributed by atoms with Crippen LogP contribution >= 0.6 is 0 Å². The third-order valence-corrected chi connectivity index (χ3v) is 5.16. The van der Waals surface area contributed by atoms with Gasteiger partial charge in [-0.05, 0) is 30.9 Å². The van der Waals surface area contributed by atoms with E-state index in [1.807, 2.05) is 53.4 Å². The van der Waals surface area contributed by atoms with Gasteiger partial charge in [-0.2, -0.15) is 0 Å². The Hall–Kier alpha value is -2.33. The lowest BCUT2D eigenvalue weighted by atomic mass is 9.86. The number of rotatable bonds is 3. The van der Waals surface area contributed by atoms with Gasteiger partial charge in [0, 0.05) is 31.3 Å². The molecule has 2 aromatic carbocycles. The van der Waals surface area contributed by atoms with E-state index in [0.717, 1.165) is 48.6 Å². The van der Waals surface area contributed by atoms with Crippen LogP contribution in [0.25, 0.3) is 0 Å². The molecule has 4 nitrogen and oxygen atoms in total. The number of nitrogens with zero attached hydrogens (tertiary/aromatic N) is 1. The number of hydrogen-bond acceptors (Lipinski definition) is 3. The van der Waals surface area contributed by atoms with Gasteiger partial charge in [0.1, 0.15) is 11.5 Å². The Morgan fingerprint density at radius 3 is 2.40 bits per heavy atom. The lowest BCUT2D eigenvalue weighted by Crippen LogP contribution is -2.44. The Balaban J connectivity index is 1.68. The van der Waals surface area contributed by atoms with Gasteiger partial charge < -0.3 is 14.4 Å². The Morgan fingerprint density at radius 1 is 1.12 bits per heavy atom. The van der Waals surface area contributed by atoms with Crippen molar-refractivity contribution >= 4 is 5.91 Å². The second-order valence-corrected chi connectivity index (χ2v) is 6.86. The summed E-state index contributed by atoms with van der Waals surface area (Å²) in [5, 5.41) is 0. The highest BCUT2D eigenvalue weighted by atomic mass is 16.5.